The van der Waals surface area contributed by atoms with Gasteiger partial charge in [-0.25, -0.2) is 26.7 Å². The third kappa shape index (κ3) is 5.99. The molecule has 0 saturated carbocycles. The maximum atomic E-state index is 13.6. The molecule has 0 radical (unpaired) electrons. The van der Waals surface area contributed by atoms with Crippen LogP contribution in [-0.4, -0.2) is 33.2 Å². The third-order valence-corrected chi connectivity index (χ3v) is 3.89. The van der Waals surface area contributed by atoms with E-state index in [4.69, 9.17) is 10.5 Å². The van der Waals surface area contributed by atoms with Gasteiger partial charge in [0.15, 0.2) is 4.90 Å². The van der Waals surface area contributed by atoms with Gasteiger partial charge in [-0.1, -0.05) is 0 Å². The van der Waals surface area contributed by atoms with Crippen LogP contribution in [-0.2, 0) is 14.8 Å². The molecule has 0 aliphatic rings. The molecule has 1 rings (SSSR count). The van der Waals surface area contributed by atoms with Crippen molar-refractivity contribution in [3.63, 3.8) is 0 Å². The van der Waals surface area contributed by atoms with Crippen LogP contribution in [0.4, 0.5) is 19.3 Å². The molecule has 0 aliphatic heterocycles. The van der Waals surface area contributed by atoms with Crippen molar-refractivity contribution in [1.82, 2.24) is 10.0 Å². The van der Waals surface area contributed by atoms with Crippen molar-refractivity contribution in [2.24, 2.45) is 0 Å². The summed E-state index contributed by atoms with van der Waals surface area (Å²) in [4.78, 5) is 10.2. The predicted octanol–water partition coefficient (Wildman–Crippen LogP) is 1.35. The molecule has 10 heteroatoms. The van der Waals surface area contributed by atoms with Crippen LogP contribution in [0.25, 0.3) is 0 Å². The molecule has 0 aliphatic carbocycles. The van der Waals surface area contributed by atoms with Crippen LogP contribution in [0, 0.1) is 11.6 Å². The quantitative estimate of drug-likeness (QED) is 0.548. The number of alkyl carbamates (subject to hydrolysis) is 1. The van der Waals surface area contributed by atoms with Gasteiger partial charge >= 0.3 is 6.09 Å². The summed E-state index contributed by atoms with van der Waals surface area (Å²) in [6.07, 6.45) is -0.735. The molecular weight excluding hydrogens is 332 g/mol. The van der Waals surface area contributed by atoms with E-state index in [2.05, 4.69) is 5.32 Å². The van der Waals surface area contributed by atoms with E-state index in [1.165, 1.54) is 0 Å². The van der Waals surface area contributed by atoms with E-state index in [1.807, 2.05) is 4.72 Å². The maximum absolute atomic E-state index is 13.6. The Labute approximate surface area is 133 Å². The monoisotopic (exact) mass is 351 g/mol. The van der Waals surface area contributed by atoms with Crippen LogP contribution >= 0.6 is 0 Å². The summed E-state index contributed by atoms with van der Waals surface area (Å²) in [6.45, 7) is 4.61. The number of anilines is 1. The Morgan fingerprint density at radius 2 is 1.74 bits per heavy atom. The second-order valence-corrected chi connectivity index (χ2v) is 7.34. The summed E-state index contributed by atoms with van der Waals surface area (Å²) in [6, 6.07) is 1.41. The largest absolute Gasteiger partial charge is 0.444 e. The Morgan fingerprint density at radius 3 is 2.22 bits per heavy atom. The summed E-state index contributed by atoms with van der Waals surface area (Å²) in [5.41, 5.74) is 4.29. The number of nitrogens with one attached hydrogen (secondary N) is 2. The van der Waals surface area contributed by atoms with Crippen LogP contribution in [0.3, 0.4) is 0 Å². The van der Waals surface area contributed by atoms with E-state index in [-0.39, 0.29) is 18.8 Å². The SMILES string of the molecule is CC(C)(C)OC(=O)NCCNS(=O)(=O)c1c(F)cc(N)cc1F. The van der Waals surface area contributed by atoms with Gasteiger partial charge in [0.05, 0.1) is 0 Å². The first-order valence-electron chi connectivity index (χ1n) is 6.63. The molecule has 0 saturated heterocycles. The van der Waals surface area contributed by atoms with Gasteiger partial charge < -0.3 is 15.8 Å². The van der Waals surface area contributed by atoms with Crippen LogP contribution in [0.2, 0.25) is 0 Å². The highest BCUT2D eigenvalue weighted by Gasteiger charge is 2.24. The number of nitrogens with two attached hydrogens (primary N) is 1. The molecule has 7 nitrogen and oxygen atoms in total. The lowest BCUT2D eigenvalue weighted by Crippen LogP contribution is -2.38. The first-order valence-corrected chi connectivity index (χ1v) is 8.12. The molecule has 1 aromatic rings. The number of ether oxygens (including phenoxy) is 1. The lowest BCUT2D eigenvalue weighted by Gasteiger charge is -2.19. The standard InChI is InChI=1S/C13H19F2N3O4S/c1-13(2,3)22-12(19)17-4-5-18-23(20,21)11-9(14)6-8(16)7-10(11)15/h6-7,18H,4-5,16H2,1-3H3,(H,17,19). The lowest BCUT2D eigenvalue weighted by atomic mass is 10.2. The minimum absolute atomic E-state index is 0.119. The number of carbonyl (C=O) groups is 1. The summed E-state index contributed by atoms with van der Waals surface area (Å²) >= 11 is 0. The van der Waals surface area contributed by atoms with Crippen molar-refractivity contribution in [3.05, 3.63) is 23.8 Å². The third-order valence-electron chi connectivity index (χ3n) is 2.37. The van der Waals surface area contributed by atoms with Crippen LogP contribution in [0.1, 0.15) is 20.8 Å². The zero-order valence-electron chi connectivity index (χ0n) is 12.9. The van der Waals surface area contributed by atoms with Gasteiger partial charge in [-0.05, 0) is 32.9 Å². The van der Waals surface area contributed by atoms with E-state index in [0.717, 1.165) is 0 Å². The highest BCUT2D eigenvalue weighted by Crippen LogP contribution is 2.21. The number of nitrogen functional groups attached to an aromatic ring is 1. The van der Waals surface area contributed by atoms with Gasteiger partial charge in [0.2, 0.25) is 10.0 Å². The number of halogens is 2. The molecule has 23 heavy (non-hydrogen) atoms. The number of carbonyl (C=O) groups excluding carboxylic acids is 1. The molecular formula is C13H19F2N3O4S. The molecule has 130 valence electrons. The van der Waals surface area contributed by atoms with Crippen molar-refractivity contribution >= 4 is 21.8 Å². The summed E-state index contributed by atoms with van der Waals surface area (Å²) in [5.74, 6) is -2.59. The number of rotatable bonds is 5. The van der Waals surface area contributed by atoms with Gasteiger partial charge in [0.25, 0.3) is 0 Å². The zero-order valence-corrected chi connectivity index (χ0v) is 13.8. The molecule has 0 atom stereocenters. The molecule has 4 N–H and O–H groups in total. The molecule has 0 aromatic heterocycles. The second kappa shape index (κ2) is 7.09. The van der Waals surface area contributed by atoms with Crippen LogP contribution in [0.5, 0.6) is 0 Å². The molecule has 0 spiro atoms. The minimum Gasteiger partial charge on any atom is -0.444 e. The first-order chi connectivity index (χ1) is 10.4. The summed E-state index contributed by atoms with van der Waals surface area (Å²) in [7, 11) is -4.42. The number of hydrogen-bond donors (Lipinski definition) is 3. The number of hydrogen-bond acceptors (Lipinski definition) is 5. The maximum Gasteiger partial charge on any atom is 0.407 e. The lowest BCUT2D eigenvalue weighted by molar-refractivity contribution is 0.0529. The van der Waals surface area contributed by atoms with Crippen molar-refractivity contribution in [2.45, 2.75) is 31.3 Å². The highest BCUT2D eigenvalue weighted by atomic mass is 32.2. The smallest absolute Gasteiger partial charge is 0.407 e. The molecule has 1 amide bonds. The first kappa shape index (κ1) is 19.1. The number of amides is 1. The van der Waals surface area contributed by atoms with Crippen LogP contribution in [0.15, 0.2) is 17.0 Å². The Kier molecular flexibility index (Phi) is 5.89. The molecule has 0 bridgehead atoms. The van der Waals surface area contributed by atoms with Crippen molar-refractivity contribution < 1.29 is 26.7 Å². The Bertz CT molecular complexity index is 664. The fourth-order valence-electron chi connectivity index (χ4n) is 1.57. The van der Waals surface area contributed by atoms with E-state index < -0.39 is 38.2 Å². The average molecular weight is 351 g/mol. The van der Waals surface area contributed by atoms with E-state index >= 15 is 0 Å². The minimum atomic E-state index is -4.42. The molecule has 1 aromatic carbocycles. The van der Waals surface area contributed by atoms with Crippen LogP contribution < -0.4 is 15.8 Å². The normalized spacial score (nSPS) is 12.0. The topological polar surface area (TPSA) is 111 Å². The number of sulfonamides is 1. The Balaban J connectivity index is 2.63. The van der Waals surface area contributed by atoms with E-state index in [9.17, 15) is 22.0 Å². The predicted molar refractivity (Wildman–Crippen MR) is 80.2 cm³/mol. The van der Waals surface area contributed by atoms with Gasteiger partial charge in [0.1, 0.15) is 17.2 Å². The van der Waals surface area contributed by atoms with Crippen molar-refractivity contribution in [2.75, 3.05) is 18.8 Å². The molecule has 0 heterocycles. The zero-order chi connectivity index (χ0) is 17.8. The van der Waals surface area contributed by atoms with Gasteiger partial charge in [-0.3, -0.25) is 0 Å². The fraction of sp³-hybridized carbons (Fsp3) is 0.462. The van der Waals surface area contributed by atoms with E-state index in [1.54, 1.807) is 20.8 Å². The van der Waals surface area contributed by atoms with Gasteiger partial charge in [-0.15, -0.1) is 0 Å². The fourth-order valence-corrected chi connectivity index (χ4v) is 2.72. The average Bonchev–Trinajstić information content (AvgIpc) is 2.30. The Hall–Kier alpha value is -1.94. The summed E-state index contributed by atoms with van der Waals surface area (Å²) in [5, 5.41) is 2.31. The van der Waals surface area contributed by atoms with Gasteiger partial charge in [0, 0.05) is 18.8 Å². The van der Waals surface area contributed by atoms with Gasteiger partial charge in [-0.2, -0.15) is 0 Å². The summed E-state index contributed by atoms with van der Waals surface area (Å²) < 4.78 is 57.9. The molecule has 0 fully saturated rings. The van der Waals surface area contributed by atoms with Crippen molar-refractivity contribution in [1.29, 1.82) is 0 Å². The Morgan fingerprint density at radius 1 is 1.22 bits per heavy atom. The highest BCUT2D eigenvalue weighted by molar-refractivity contribution is 7.89. The van der Waals surface area contributed by atoms with E-state index in [0.29, 0.717) is 12.1 Å². The molecule has 0 unspecified atom stereocenters. The van der Waals surface area contributed by atoms with Crippen molar-refractivity contribution in [3.8, 4) is 0 Å². The number of benzene rings is 1. The second-order valence-electron chi connectivity index (χ2n) is 5.64.